The average Bonchev–Trinajstić information content (AvgIpc) is 3.48. The smallest absolute Gasteiger partial charge is 0.281 e. The van der Waals surface area contributed by atoms with Crippen molar-refractivity contribution in [3.63, 3.8) is 0 Å². The first-order chi connectivity index (χ1) is 19.4. The third kappa shape index (κ3) is 3.87. The van der Waals surface area contributed by atoms with Crippen molar-refractivity contribution in [2.75, 3.05) is 12.3 Å². The van der Waals surface area contributed by atoms with Gasteiger partial charge in [-0.3, -0.25) is 19.6 Å². The highest BCUT2D eigenvalue weighted by Gasteiger charge is 2.35. The van der Waals surface area contributed by atoms with Crippen LogP contribution < -0.4 is 22.3 Å². The molecule has 0 radical (unpaired) electrons. The summed E-state index contributed by atoms with van der Waals surface area (Å²) in [6.45, 7) is 1.53. The largest absolute Gasteiger partial charge is 0.393 e. The third-order valence-corrected chi connectivity index (χ3v) is 8.98. The number of nitrogens with zero attached hydrogens (tertiary/aromatic N) is 5. The van der Waals surface area contributed by atoms with Crippen molar-refractivity contribution in [1.82, 2.24) is 29.2 Å². The van der Waals surface area contributed by atoms with Gasteiger partial charge in [0.1, 0.15) is 29.5 Å². The highest BCUT2D eigenvalue weighted by atomic mass is 16.3. The van der Waals surface area contributed by atoms with Gasteiger partial charge in [0.05, 0.1) is 17.2 Å². The summed E-state index contributed by atoms with van der Waals surface area (Å²) >= 11 is 0. The van der Waals surface area contributed by atoms with Crippen molar-refractivity contribution in [3.05, 3.63) is 64.0 Å². The summed E-state index contributed by atoms with van der Waals surface area (Å²) in [4.78, 5) is 34.9. The molecule has 6 N–H and O–H groups in total. The van der Waals surface area contributed by atoms with Gasteiger partial charge in [0.15, 0.2) is 0 Å². The first-order valence-electron chi connectivity index (χ1n) is 14.2. The maximum absolute atomic E-state index is 13.5. The molecule has 1 amide bonds. The number of nitrogens with one attached hydrogen (secondary N) is 1. The lowest BCUT2D eigenvalue weighted by atomic mass is 9.86. The number of hydrogen-bond acceptors (Lipinski definition) is 7. The number of amides is 1. The Kier molecular flexibility index (Phi) is 6.01. The number of aromatic nitrogens is 5. The predicted molar refractivity (Wildman–Crippen MR) is 151 cm³/mol. The lowest BCUT2D eigenvalue weighted by Crippen LogP contribution is -2.40. The van der Waals surface area contributed by atoms with E-state index in [0.717, 1.165) is 72.1 Å². The molecule has 1 saturated carbocycles. The number of benzene rings is 1. The van der Waals surface area contributed by atoms with E-state index in [9.17, 15) is 14.7 Å². The number of aliphatic hydroxyl groups is 1. The van der Waals surface area contributed by atoms with E-state index in [1.165, 1.54) is 6.33 Å². The Labute approximate surface area is 230 Å². The van der Waals surface area contributed by atoms with Crippen molar-refractivity contribution in [1.29, 1.82) is 0 Å². The third-order valence-electron chi connectivity index (χ3n) is 8.98. The van der Waals surface area contributed by atoms with Gasteiger partial charge in [0, 0.05) is 30.3 Å². The Morgan fingerprint density at radius 3 is 2.58 bits per heavy atom. The number of rotatable bonds is 5. The highest BCUT2D eigenvalue weighted by molar-refractivity contribution is 6.00. The molecule has 0 bridgehead atoms. The summed E-state index contributed by atoms with van der Waals surface area (Å²) in [5.74, 6) is -0.368. The fourth-order valence-corrected chi connectivity index (χ4v) is 6.94. The molecule has 11 nitrogen and oxygen atoms in total. The molecule has 208 valence electrons. The van der Waals surface area contributed by atoms with E-state index in [-0.39, 0.29) is 35.4 Å². The Balaban J connectivity index is 1.29. The zero-order valence-corrected chi connectivity index (χ0v) is 22.3. The maximum Gasteiger partial charge on any atom is 0.281 e. The number of aliphatic hydroxyl groups excluding tert-OH is 1. The number of carbonyl (C=O) groups excluding carboxylic acids is 1. The van der Waals surface area contributed by atoms with E-state index in [1.807, 2.05) is 4.68 Å². The van der Waals surface area contributed by atoms with Crippen LogP contribution in [0, 0.1) is 0 Å². The minimum absolute atomic E-state index is 0.108. The van der Waals surface area contributed by atoms with Crippen LogP contribution in [-0.4, -0.2) is 47.6 Å². The molecule has 1 saturated heterocycles. The molecule has 1 aliphatic carbocycles. The van der Waals surface area contributed by atoms with Crippen LogP contribution in [-0.2, 0) is 6.54 Å². The Bertz CT molecular complexity index is 1660. The minimum atomic E-state index is -0.670. The number of piperidine rings is 1. The Hall–Kier alpha value is -3.96. The molecular weight excluding hydrogens is 508 g/mol. The van der Waals surface area contributed by atoms with Gasteiger partial charge >= 0.3 is 0 Å². The first-order valence-corrected chi connectivity index (χ1v) is 14.2. The van der Waals surface area contributed by atoms with E-state index in [2.05, 4.69) is 50.3 Å². The fourth-order valence-electron chi connectivity index (χ4n) is 6.94. The van der Waals surface area contributed by atoms with Crippen molar-refractivity contribution in [2.24, 2.45) is 5.73 Å². The van der Waals surface area contributed by atoms with E-state index in [0.29, 0.717) is 25.2 Å². The highest BCUT2D eigenvalue weighted by Crippen LogP contribution is 2.41. The van der Waals surface area contributed by atoms with Crippen molar-refractivity contribution in [3.8, 4) is 11.1 Å². The van der Waals surface area contributed by atoms with Crippen molar-refractivity contribution in [2.45, 2.75) is 75.7 Å². The number of carbonyl (C=O) groups is 1. The summed E-state index contributed by atoms with van der Waals surface area (Å²) in [7, 11) is 0. The predicted octanol–water partition coefficient (Wildman–Crippen LogP) is 2.64. The molecule has 2 unspecified atom stereocenters. The summed E-state index contributed by atoms with van der Waals surface area (Å²) < 4.78 is 5.85. The fraction of sp³-hybridized carbons (Fsp3) is 0.448. The van der Waals surface area contributed by atoms with Crippen LogP contribution in [0.3, 0.4) is 0 Å². The summed E-state index contributed by atoms with van der Waals surface area (Å²) in [5, 5.41) is 14.1. The topological polar surface area (TPSA) is 159 Å². The molecule has 3 aromatic heterocycles. The van der Waals surface area contributed by atoms with Crippen LogP contribution in [0.1, 0.15) is 84.7 Å². The van der Waals surface area contributed by atoms with Gasteiger partial charge in [0.25, 0.3) is 11.5 Å². The maximum atomic E-state index is 13.5. The molecule has 40 heavy (non-hydrogen) atoms. The van der Waals surface area contributed by atoms with Crippen LogP contribution in [0.15, 0.2) is 41.6 Å². The second-order valence-corrected chi connectivity index (χ2v) is 11.4. The summed E-state index contributed by atoms with van der Waals surface area (Å²) in [5.41, 5.74) is 16.4. The van der Waals surface area contributed by atoms with Crippen LogP contribution in [0.4, 0.5) is 5.82 Å². The van der Waals surface area contributed by atoms with E-state index in [4.69, 9.17) is 11.5 Å². The molecular formula is C29H34N8O3. The second kappa shape index (κ2) is 9.60. The molecule has 11 heteroatoms. The second-order valence-electron chi connectivity index (χ2n) is 11.4. The van der Waals surface area contributed by atoms with Gasteiger partial charge in [-0.2, -0.15) is 0 Å². The molecule has 2 atom stereocenters. The lowest BCUT2D eigenvalue weighted by molar-refractivity contribution is 0.0501. The Morgan fingerprint density at radius 2 is 1.88 bits per heavy atom. The normalized spacial score (nSPS) is 24.5. The van der Waals surface area contributed by atoms with Gasteiger partial charge in [-0.15, -0.1) is 0 Å². The van der Waals surface area contributed by atoms with Gasteiger partial charge in [-0.1, -0.05) is 24.3 Å². The molecule has 3 aliphatic rings. The van der Waals surface area contributed by atoms with Gasteiger partial charge < -0.3 is 21.1 Å². The molecule has 2 fully saturated rings. The zero-order valence-electron chi connectivity index (χ0n) is 22.3. The number of nitrogen functional groups attached to an aromatic ring is 1. The average molecular weight is 543 g/mol. The van der Waals surface area contributed by atoms with Crippen LogP contribution in [0.5, 0.6) is 0 Å². The minimum Gasteiger partial charge on any atom is -0.393 e. The molecule has 2 aliphatic heterocycles. The monoisotopic (exact) mass is 542 g/mol. The number of fused-ring (bicyclic) bond motifs is 2. The van der Waals surface area contributed by atoms with Crippen LogP contribution in [0.2, 0.25) is 0 Å². The number of nitrogens with two attached hydrogens (primary N) is 2. The lowest BCUT2D eigenvalue weighted by Gasteiger charge is -2.32. The standard InChI is InChI=1S/C29H34N8O3/c30-26-23-21(14-35(18-12-19(38)13-18)28(23)34-15-33-26)17-8-6-16(7-9-17)20-4-3-11-36-25(20)24(27(31)39)29(40)37(36)22-5-1-2-10-32-22/h6-9,14-15,18-20,22,32,38H,1-5,10-13H2,(H2,31,39)(H2,30,33,34). The van der Waals surface area contributed by atoms with Gasteiger partial charge in [0.2, 0.25) is 0 Å². The molecule has 0 spiro atoms. The summed E-state index contributed by atoms with van der Waals surface area (Å²) in [6, 6.07) is 8.41. The van der Waals surface area contributed by atoms with Gasteiger partial charge in [-0.05, 0) is 62.6 Å². The van der Waals surface area contributed by atoms with Crippen molar-refractivity contribution >= 4 is 22.8 Å². The molecule has 4 aromatic rings. The molecule has 7 rings (SSSR count). The quantitative estimate of drug-likeness (QED) is 0.302. The van der Waals surface area contributed by atoms with E-state index < -0.39 is 5.91 Å². The first kappa shape index (κ1) is 25.0. The van der Waals surface area contributed by atoms with E-state index in [1.54, 1.807) is 4.68 Å². The Morgan fingerprint density at radius 1 is 1.07 bits per heavy atom. The van der Waals surface area contributed by atoms with E-state index >= 15 is 0 Å². The number of primary amides is 1. The molecule has 1 aromatic carbocycles. The van der Waals surface area contributed by atoms with Crippen molar-refractivity contribution < 1.29 is 9.90 Å². The SMILES string of the molecule is NC(=O)c1c2n(n(C3CCCCN3)c1=O)CCCC2c1ccc(-c2cn(C3CC(O)C3)c3ncnc(N)c23)cc1. The van der Waals surface area contributed by atoms with Gasteiger partial charge in [-0.25, -0.2) is 14.6 Å². The molecule has 5 heterocycles. The van der Waals surface area contributed by atoms with Crippen LogP contribution >= 0.6 is 0 Å². The number of hydrogen-bond donors (Lipinski definition) is 4. The zero-order chi connectivity index (χ0) is 27.5. The summed E-state index contributed by atoms with van der Waals surface area (Å²) in [6.07, 6.45) is 9.18. The van der Waals surface area contributed by atoms with Crippen LogP contribution in [0.25, 0.3) is 22.2 Å². The number of anilines is 1.